The van der Waals surface area contributed by atoms with E-state index in [2.05, 4.69) is 0 Å². The second-order valence-electron chi connectivity index (χ2n) is 4.63. The third-order valence-electron chi connectivity index (χ3n) is 3.36. The van der Waals surface area contributed by atoms with Crippen molar-refractivity contribution in [1.29, 1.82) is 0 Å². The number of aliphatic hydroxyl groups is 1. The van der Waals surface area contributed by atoms with Crippen LogP contribution in [-0.4, -0.2) is 11.7 Å². The van der Waals surface area contributed by atoms with Gasteiger partial charge in [0.25, 0.3) is 0 Å². The van der Waals surface area contributed by atoms with Crippen molar-refractivity contribution in [3.63, 3.8) is 0 Å². The molecule has 0 saturated carbocycles. The highest BCUT2D eigenvalue weighted by molar-refractivity contribution is 5.66. The molecule has 18 heavy (non-hydrogen) atoms. The van der Waals surface area contributed by atoms with E-state index in [1.54, 1.807) is 0 Å². The molecule has 2 rings (SSSR count). The molecule has 0 amide bonds. The number of halogens is 3. The number of hydrogen-bond acceptors (Lipinski definition) is 1. The van der Waals surface area contributed by atoms with E-state index in [4.69, 9.17) is 5.11 Å². The van der Waals surface area contributed by atoms with Crippen LogP contribution in [-0.2, 0) is 6.18 Å². The Morgan fingerprint density at radius 2 is 1.83 bits per heavy atom. The summed E-state index contributed by atoms with van der Waals surface area (Å²) < 4.78 is 37.2. The van der Waals surface area contributed by atoms with Gasteiger partial charge < -0.3 is 5.11 Å². The standard InChI is InChI=1S/C14H15F3O/c15-14(16,17)13-7-5-12(6-8-13)11-3-1-10(9-18)2-4-11/h3,5-8,10,18H,1-2,4,9H2. The SMILES string of the molecule is OCC1CC=C(c2ccc(C(F)(F)F)cc2)CC1. The molecule has 1 atom stereocenters. The van der Waals surface area contributed by atoms with Crippen LogP contribution in [0.4, 0.5) is 13.2 Å². The first-order valence-corrected chi connectivity index (χ1v) is 5.98. The van der Waals surface area contributed by atoms with Crippen molar-refractivity contribution >= 4 is 5.57 Å². The van der Waals surface area contributed by atoms with Crippen LogP contribution in [0.2, 0.25) is 0 Å². The van der Waals surface area contributed by atoms with Crippen LogP contribution in [0.15, 0.2) is 30.3 Å². The van der Waals surface area contributed by atoms with Crippen LogP contribution in [0.25, 0.3) is 5.57 Å². The monoisotopic (exact) mass is 256 g/mol. The molecule has 0 spiro atoms. The van der Waals surface area contributed by atoms with Gasteiger partial charge in [0.2, 0.25) is 0 Å². The van der Waals surface area contributed by atoms with Gasteiger partial charge in [0.15, 0.2) is 0 Å². The normalized spacial score (nSPS) is 20.7. The van der Waals surface area contributed by atoms with Crippen LogP contribution in [0, 0.1) is 5.92 Å². The Hall–Kier alpha value is -1.29. The molecule has 1 aliphatic rings. The molecule has 0 bridgehead atoms. The number of allylic oxidation sites excluding steroid dienone is 2. The molecule has 1 nitrogen and oxygen atoms in total. The number of aliphatic hydroxyl groups excluding tert-OH is 1. The second-order valence-corrected chi connectivity index (χ2v) is 4.63. The summed E-state index contributed by atoms with van der Waals surface area (Å²) in [4.78, 5) is 0. The van der Waals surface area contributed by atoms with Gasteiger partial charge in [-0.3, -0.25) is 0 Å². The molecular weight excluding hydrogens is 241 g/mol. The van der Waals surface area contributed by atoms with Crippen LogP contribution >= 0.6 is 0 Å². The molecule has 0 saturated heterocycles. The fourth-order valence-electron chi connectivity index (χ4n) is 2.19. The maximum absolute atomic E-state index is 12.4. The van der Waals surface area contributed by atoms with E-state index in [1.165, 1.54) is 12.1 Å². The van der Waals surface area contributed by atoms with Gasteiger partial charge >= 0.3 is 6.18 Å². The maximum Gasteiger partial charge on any atom is 0.416 e. The summed E-state index contributed by atoms with van der Waals surface area (Å²) in [7, 11) is 0. The van der Waals surface area contributed by atoms with E-state index in [1.807, 2.05) is 6.08 Å². The van der Waals surface area contributed by atoms with E-state index in [0.717, 1.165) is 42.5 Å². The van der Waals surface area contributed by atoms with E-state index >= 15 is 0 Å². The van der Waals surface area contributed by atoms with Crippen LogP contribution in [0.5, 0.6) is 0 Å². The third-order valence-corrected chi connectivity index (χ3v) is 3.36. The lowest BCUT2D eigenvalue weighted by Crippen LogP contribution is -2.09. The summed E-state index contributed by atoms with van der Waals surface area (Å²) in [6.45, 7) is 0.177. The average Bonchev–Trinajstić information content (AvgIpc) is 2.38. The van der Waals surface area contributed by atoms with Crippen molar-refractivity contribution in [2.24, 2.45) is 5.92 Å². The Balaban J connectivity index is 2.14. The fraction of sp³-hybridized carbons (Fsp3) is 0.429. The van der Waals surface area contributed by atoms with Crippen LogP contribution in [0.1, 0.15) is 30.4 Å². The third kappa shape index (κ3) is 2.93. The molecule has 4 heteroatoms. The zero-order valence-electron chi connectivity index (χ0n) is 9.87. The summed E-state index contributed by atoms with van der Waals surface area (Å²) in [5.41, 5.74) is 1.31. The first-order valence-electron chi connectivity index (χ1n) is 5.98. The molecular formula is C14H15F3O. The topological polar surface area (TPSA) is 20.2 Å². The molecule has 0 fully saturated rings. The second kappa shape index (κ2) is 5.14. The average molecular weight is 256 g/mol. The molecule has 0 aromatic heterocycles. The van der Waals surface area contributed by atoms with Crippen LogP contribution in [0.3, 0.4) is 0 Å². The van der Waals surface area contributed by atoms with Crippen molar-refractivity contribution in [3.05, 3.63) is 41.5 Å². The number of benzene rings is 1. The fourth-order valence-corrected chi connectivity index (χ4v) is 2.19. The molecule has 1 aromatic carbocycles. The Kier molecular flexibility index (Phi) is 3.76. The highest BCUT2D eigenvalue weighted by Gasteiger charge is 2.30. The van der Waals surface area contributed by atoms with Gasteiger partial charge in [0.1, 0.15) is 0 Å². The lowest BCUT2D eigenvalue weighted by atomic mass is 9.87. The smallest absolute Gasteiger partial charge is 0.396 e. The van der Waals surface area contributed by atoms with Crippen molar-refractivity contribution in [2.45, 2.75) is 25.4 Å². The molecule has 1 aliphatic carbocycles. The van der Waals surface area contributed by atoms with Gasteiger partial charge in [0, 0.05) is 6.61 Å². The number of rotatable bonds is 2. The molecule has 0 radical (unpaired) electrons. The van der Waals surface area contributed by atoms with Gasteiger partial charge in [0.05, 0.1) is 5.56 Å². The van der Waals surface area contributed by atoms with Gasteiger partial charge in [-0.15, -0.1) is 0 Å². The summed E-state index contributed by atoms with van der Waals surface area (Å²) in [6, 6.07) is 5.28. The van der Waals surface area contributed by atoms with Gasteiger partial charge in [-0.2, -0.15) is 13.2 Å². The predicted octanol–water partition coefficient (Wildman–Crippen LogP) is 3.88. The Labute approximate surface area is 104 Å². The van der Waals surface area contributed by atoms with Crippen molar-refractivity contribution in [3.8, 4) is 0 Å². The molecule has 1 unspecified atom stereocenters. The summed E-state index contributed by atoms with van der Waals surface area (Å²) in [5.74, 6) is 0.295. The lowest BCUT2D eigenvalue weighted by Gasteiger charge is -2.20. The quantitative estimate of drug-likeness (QED) is 0.851. The minimum Gasteiger partial charge on any atom is -0.396 e. The van der Waals surface area contributed by atoms with E-state index in [-0.39, 0.29) is 6.61 Å². The van der Waals surface area contributed by atoms with Crippen LogP contribution < -0.4 is 0 Å². The molecule has 1 aromatic rings. The minimum atomic E-state index is -4.28. The molecule has 1 N–H and O–H groups in total. The number of hydrogen-bond donors (Lipinski definition) is 1. The highest BCUT2D eigenvalue weighted by Crippen LogP contribution is 2.33. The van der Waals surface area contributed by atoms with Gasteiger partial charge in [-0.25, -0.2) is 0 Å². The maximum atomic E-state index is 12.4. The number of alkyl halides is 3. The largest absolute Gasteiger partial charge is 0.416 e. The molecule has 0 heterocycles. The molecule has 0 aliphatic heterocycles. The zero-order valence-corrected chi connectivity index (χ0v) is 9.87. The predicted molar refractivity (Wildman–Crippen MR) is 63.8 cm³/mol. The van der Waals surface area contributed by atoms with E-state index < -0.39 is 11.7 Å². The summed E-state index contributed by atoms with van der Waals surface area (Å²) >= 11 is 0. The Morgan fingerprint density at radius 3 is 2.28 bits per heavy atom. The zero-order chi connectivity index (χ0) is 13.2. The summed E-state index contributed by atoms with van der Waals surface area (Å²) in [5, 5.41) is 9.02. The summed E-state index contributed by atoms with van der Waals surface area (Å²) in [6.07, 6.45) is 0.251. The first-order chi connectivity index (χ1) is 8.50. The van der Waals surface area contributed by atoms with Crippen molar-refractivity contribution in [2.75, 3.05) is 6.61 Å². The van der Waals surface area contributed by atoms with Crippen molar-refractivity contribution < 1.29 is 18.3 Å². The first kappa shape index (κ1) is 13.1. The van der Waals surface area contributed by atoms with Crippen molar-refractivity contribution in [1.82, 2.24) is 0 Å². The Morgan fingerprint density at radius 1 is 1.17 bits per heavy atom. The van der Waals surface area contributed by atoms with E-state index in [0.29, 0.717) is 5.92 Å². The minimum absolute atomic E-state index is 0.177. The molecule has 98 valence electrons. The van der Waals surface area contributed by atoms with Gasteiger partial charge in [-0.1, -0.05) is 18.2 Å². The lowest BCUT2D eigenvalue weighted by molar-refractivity contribution is -0.137. The van der Waals surface area contributed by atoms with E-state index in [9.17, 15) is 13.2 Å². The Bertz CT molecular complexity index is 431. The van der Waals surface area contributed by atoms with Gasteiger partial charge in [-0.05, 0) is 48.4 Å². The highest BCUT2D eigenvalue weighted by atomic mass is 19.4.